The molecule has 0 amide bonds. The lowest BCUT2D eigenvalue weighted by Crippen LogP contribution is -1.90. The smallest absolute Gasteiger partial charge is 0.259 e. The van der Waals surface area contributed by atoms with Crippen molar-refractivity contribution in [3.05, 3.63) is 47.2 Å². The van der Waals surface area contributed by atoms with Gasteiger partial charge in [-0.05, 0) is 6.07 Å². The van der Waals surface area contributed by atoms with Gasteiger partial charge in [-0.1, -0.05) is 28.4 Å². The number of rotatable bonds is 2. The highest BCUT2D eigenvalue weighted by Crippen LogP contribution is 2.29. The first-order valence-corrected chi connectivity index (χ1v) is 6.90. The van der Waals surface area contributed by atoms with Crippen LogP contribution in [0.5, 0.6) is 0 Å². The molecule has 0 N–H and O–H groups in total. The average Bonchev–Trinajstić information content (AvgIpc) is 3.16. The lowest BCUT2D eigenvalue weighted by Gasteiger charge is -1.97. The number of imidazole rings is 1. The molecule has 0 atom stereocenters. The van der Waals surface area contributed by atoms with Crippen molar-refractivity contribution in [2.24, 2.45) is 0 Å². The van der Waals surface area contributed by atoms with Crippen molar-refractivity contribution in [1.82, 2.24) is 29.5 Å². The van der Waals surface area contributed by atoms with Crippen LogP contribution in [0.3, 0.4) is 0 Å². The van der Waals surface area contributed by atoms with Crippen molar-refractivity contribution in [3.8, 4) is 23.0 Å². The molecule has 0 radical (unpaired) electrons. The molecule has 0 aliphatic carbocycles. The van der Waals surface area contributed by atoms with E-state index in [1.807, 2.05) is 4.40 Å². The predicted molar refractivity (Wildman–Crippen MR) is 79.5 cm³/mol. The summed E-state index contributed by atoms with van der Waals surface area (Å²) >= 11 is 12.0. The van der Waals surface area contributed by atoms with Crippen LogP contribution in [0, 0.1) is 0 Å². The average molecular weight is 333 g/mol. The van der Waals surface area contributed by atoms with Crippen molar-refractivity contribution >= 4 is 28.8 Å². The van der Waals surface area contributed by atoms with Crippen LogP contribution in [0.1, 0.15) is 0 Å². The second kappa shape index (κ2) is 5.04. The van der Waals surface area contributed by atoms with Crippen molar-refractivity contribution in [2.45, 2.75) is 0 Å². The SMILES string of the molecule is Clc1cc(-c2nc(-c3cnc4cnccn34)no2)c(Cl)cn1. The first kappa shape index (κ1) is 13.2. The summed E-state index contributed by atoms with van der Waals surface area (Å²) in [6, 6.07) is 1.57. The first-order valence-electron chi connectivity index (χ1n) is 6.15. The molecule has 0 unspecified atom stereocenters. The molecule has 9 heteroatoms. The van der Waals surface area contributed by atoms with E-state index in [1.54, 1.807) is 30.9 Å². The van der Waals surface area contributed by atoms with E-state index in [-0.39, 0.29) is 5.89 Å². The second-order valence-electron chi connectivity index (χ2n) is 4.36. The van der Waals surface area contributed by atoms with Gasteiger partial charge in [0.25, 0.3) is 5.89 Å². The summed E-state index contributed by atoms with van der Waals surface area (Å²) in [5.41, 5.74) is 1.90. The Morgan fingerprint density at radius 1 is 1.09 bits per heavy atom. The Hall–Kier alpha value is -2.51. The third-order valence-corrected chi connectivity index (χ3v) is 3.53. The van der Waals surface area contributed by atoms with Gasteiger partial charge in [-0.3, -0.25) is 9.38 Å². The Labute approximate surface area is 133 Å². The van der Waals surface area contributed by atoms with Gasteiger partial charge in [0.2, 0.25) is 5.82 Å². The topological polar surface area (TPSA) is 82.0 Å². The van der Waals surface area contributed by atoms with E-state index in [1.165, 1.54) is 6.20 Å². The lowest BCUT2D eigenvalue weighted by molar-refractivity contribution is 0.432. The zero-order chi connectivity index (χ0) is 15.1. The highest BCUT2D eigenvalue weighted by atomic mass is 35.5. The van der Waals surface area contributed by atoms with Gasteiger partial charge < -0.3 is 4.52 Å². The Balaban J connectivity index is 1.83. The lowest BCUT2D eigenvalue weighted by atomic mass is 10.3. The Kier molecular flexibility index (Phi) is 3.02. The molecule has 0 spiro atoms. The van der Waals surface area contributed by atoms with Crippen molar-refractivity contribution in [3.63, 3.8) is 0 Å². The van der Waals surface area contributed by atoms with Gasteiger partial charge in [-0.15, -0.1) is 0 Å². The first-order chi connectivity index (χ1) is 10.7. The molecule has 108 valence electrons. The number of hydrogen-bond donors (Lipinski definition) is 0. The fourth-order valence-electron chi connectivity index (χ4n) is 2.02. The Morgan fingerprint density at radius 2 is 2.00 bits per heavy atom. The van der Waals surface area contributed by atoms with Gasteiger partial charge in [0.05, 0.1) is 23.0 Å². The standard InChI is InChI=1S/C13H6Cl2N6O/c14-8-4-17-10(15)3-7(8)13-19-12(20-22-13)9-5-18-11-6-16-1-2-21(9)11/h1-6H. The van der Waals surface area contributed by atoms with E-state index in [2.05, 4.69) is 25.1 Å². The van der Waals surface area contributed by atoms with Crippen LogP contribution >= 0.6 is 23.2 Å². The Bertz CT molecular complexity index is 979. The zero-order valence-electron chi connectivity index (χ0n) is 10.8. The predicted octanol–water partition coefficient (Wildman–Crippen LogP) is 3.15. The minimum absolute atomic E-state index is 0.258. The Morgan fingerprint density at radius 3 is 2.91 bits per heavy atom. The number of halogens is 2. The van der Waals surface area contributed by atoms with Crippen LogP contribution < -0.4 is 0 Å². The van der Waals surface area contributed by atoms with E-state index >= 15 is 0 Å². The molecule has 4 rings (SSSR count). The van der Waals surface area contributed by atoms with Gasteiger partial charge in [0.1, 0.15) is 10.8 Å². The molecule has 0 saturated heterocycles. The molecular weight excluding hydrogens is 327 g/mol. The van der Waals surface area contributed by atoms with Crippen LogP contribution in [-0.4, -0.2) is 29.5 Å². The number of pyridine rings is 1. The van der Waals surface area contributed by atoms with Gasteiger partial charge in [-0.2, -0.15) is 4.98 Å². The van der Waals surface area contributed by atoms with Crippen LogP contribution in [0.4, 0.5) is 0 Å². The summed E-state index contributed by atoms with van der Waals surface area (Å²) in [7, 11) is 0. The van der Waals surface area contributed by atoms with Gasteiger partial charge in [-0.25, -0.2) is 9.97 Å². The number of hydrogen-bond acceptors (Lipinski definition) is 6. The van der Waals surface area contributed by atoms with Crippen LogP contribution in [0.2, 0.25) is 10.2 Å². The number of aromatic nitrogens is 6. The molecular formula is C13H6Cl2N6O. The van der Waals surface area contributed by atoms with E-state index in [4.69, 9.17) is 27.7 Å². The molecule has 0 bridgehead atoms. The van der Waals surface area contributed by atoms with E-state index in [9.17, 15) is 0 Å². The molecule has 22 heavy (non-hydrogen) atoms. The summed E-state index contributed by atoms with van der Waals surface area (Å²) in [4.78, 5) is 16.5. The van der Waals surface area contributed by atoms with E-state index in [0.29, 0.717) is 32.9 Å². The monoisotopic (exact) mass is 332 g/mol. The third kappa shape index (κ3) is 2.11. The van der Waals surface area contributed by atoms with Crippen LogP contribution in [0.15, 0.2) is 41.6 Å². The van der Waals surface area contributed by atoms with Crippen molar-refractivity contribution < 1.29 is 4.52 Å². The van der Waals surface area contributed by atoms with Crippen LogP contribution in [-0.2, 0) is 0 Å². The molecule has 0 aromatic carbocycles. The van der Waals surface area contributed by atoms with Gasteiger partial charge in [0.15, 0.2) is 5.65 Å². The second-order valence-corrected chi connectivity index (χ2v) is 5.15. The molecule has 0 aliphatic heterocycles. The van der Waals surface area contributed by atoms with Crippen LogP contribution in [0.25, 0.3) is 28.6 Å². The molecule has 0 saturated carbocycles. The molecule has 0 fully saturated rings. The summed E-state index contributed by atoms with van der Waals surface area (Å²) in [5.74, 6) is 0.644. The fourth-order valence-corrected chi connectivity index (χ4v) is 2.36. The summed E-state index contributed by atoms with van der Waals surface area (Å²) in [6.07, 6.45) is 8.14. The van der Waals surface area contributed by atoms with E-state index < -0.39 is 0 Å². The maximum atomic E-state index is 6.09. The molecule has 4 aromatic rings. The number of fused-ring (bicyclic) bond motifs is 1. The zero-order valence-corrected chi connectivity index (χ0v) is 12.3. The fraction of sp³-hybridized carbons (Fsp3) is 0. The maximum Gasteiger partial charge on any atom is 0.259 e. The minimum atomic E-state index is 0.258. The maximum absolute atomic E-state index is 6.09. The molecule has 0 aliphatic rings. The highest BCUT2D eigenvalue weighted by molar-refractivity contribution is 6.34. The van der Waals surface area contributed by atoms with Gasteiger partial charge in [0, 0.05) is 18.6 Å². The largest absolute Gasteiger partial charge is 0.333 e. The van der Waals surface area contributed by atoms with Gasteiger partial charge >= 0.3 is 0 Å². The number of nitrogens with zero attached hydrogens (tertiary/aromatic N) is 6. The molecule has 4 heterocycles. The van der Waals surface area contributed by atoms with Crippen molar-refractivity contribution in [2.75, 3.05) is 0 Å². The highest BCUT2D eigenvalue weighted by Gasteiger charge is 2.16. The third-order valence-electron chi connectivity index (χ3n) is 3.02. The minimum Gasteiger partial charge on any atom is -0.333 e. The molecule has 4 aromatic heterocycles. The van der Waals surface area contributed by atoms with Crippen molar-refractivity contribution in [1.29, 1.82) is 0 Å². The summed E-state index contributed by atoms with van der Waals surface area (Å²) in [6.45, 7) is 0. The quantitative estimate of drug-likeness (QED) is 0.524. The summed E-state index contributed by atoms with van der Waals surface area (Å²) in [5, 5.41) is 4.63. The summed E-state index contributed by atoms with van der Waals surface area (Å²) < 4.78 is 7.08. The van der Waals surface area contributed by atoms with E-state index in [0.717, 1.165) is 0 Å². The molecule has 7 nitrogen and oxygen atoms in total. The normalized spacial score (nSPS) is 11.2.